The molecule has 154 valence electrons. The highest BCUT2D eigenvalue weighted by atomic mass is 35.7. The Morgan fingerprint density at radius 2 is 0.731 bits per heavy atom. The van der Waals surface area contributed by atoms with Crippen molar-refractivity contribution in [3.8, 4) is 0 Å². The van der Waals surface area contributed by atoms with E-state index in [2.05, 4.69) is 15.0 Å². The predicted molar refractivity (Wildman–Crippen MR) is 118 cm³/mol. The fourth-order valence-corrected chi connectivity index (χ4v) is 5.75. The Hall–Kier alpha value is -1.55. The molecule has 0 aliphatic rings. The molecule has 9 nitrogen and oxygen atoms in total. The number of nitrogens with zero attached hydrogens (tertiary/aromatic N) is 9. The minimum atomic E-state index is -2.29. The van der Waals surface area contributed by atoms with Crippen molar-refractivity contribution < 1.29 is 0 Å². The Balaban J connectivity index is 6.52. The summed E-state index contributed by atoms with van der Waals surface area (Å²) >= 11 is 0. The zero-order valence-corrected chi connectivity index (χ0v) is 19.9. The van der Waals surface area contributed by atoms with Gasteiger partial charge in [0, 0.05) is 84.6 Å². The van der Waals surface area contributed by atoms with Crippen molar-refractivity contribution in [2.24, 2.45) is 15.0 Å². The van der Waals surface area contributed by atoms with Crippen molar-refractivity contribution in [2.45, 2.75) is 0 Å². The van der Waals surface area contributed by atoms with Gasteiger partial charge in [-0.1, -0.05) is 0 Å². The second-order valence-corrected chi connectivity index (χ2v) is 9.99. The van der Waals surface area contributed by atoms with Gasteiger partial charge < -0.3 is 14.7 Å². The average molecular weight is 410 g/mol. The highest BCUT2D eigenvalue weighted by Gasteiger charge is 2.42. The summed E-state index contributed by atoms with van der Waals surface area (Å²) in [5, 5.41) is 0. The molecule has 11 heteroatoms. The van der Waals surface area contributed by atoms with Crippen LogP contribution in [-0.2, 0) is 0 Å². The summed E-state index contributed by atoms with van der Waals surface area (Å²) in [6.07, 6.45) is 0. The molecule has 0 spiro atoms. The maximum Gasteiger partial charge on any atom is 0.207 e. The lowest BCUT2D eigenvalue weighted by molar-refractivity contribution is 0.485. The minimum Gasteiger partial charge on any atom is -0.348 e. The largest absolute Gasteiger partial charge is 0.348 e. The average Bonchev–Trinajstić information content (AvgIpc) is 2.54. The Labute approximate surface area is 165 Å². The number of guanidine groups is 3. The summed E-state index contributed by atoms with van der Waals surface area (Å²) < 4.78 is 5.91. The third kappa shape index (κ3) is 4.79. The SMILES string of the molecule is CN=C(N(C)C)N(C)S(Cl)(N(C)C(=NC)N(C)C)N(C)C(=NC)N(C)C. The first kappa shape index (κ1) is 24.5. The number of hydrogen-bond acceptors (Lipinski definition) is 3. The van der Waals surface area contributed by atoms with Gasteiger partial charge in [0.05, 0.1) is 9.80 Å². The van der Waals surface area contributed by atoms with Gasteiger partial charge in [0.25, 0.3) is 0 Å². The van der Waals surface area contributed by atoms with E-state index in [0.29, 0.717) is 0 Å². The van der Waals surface area contributed by atoms with E-state index in [1.54, 1.807) is 21.1 Å². The van der Waals surface area contributed by atoms with Gasteiger partial charge in [-0.25, -0.2) is 0 Å². The predicted octanol–water partition coefficient (Wildman–Crippen LogP) is 1.13. The van der Waals surface area contributed by atoms with E-state index in [4.69, 9.17) is 10.7 Å². The highest BCUT2D eigenvalue weighted by molar-refractivity contribution is 8.46. The first-order chi connectivity index (χ1) is 11.9. The van der Waals surface area contributed by atoms with Crippen molar-refractivity contribution >= 4 is 38.4 Å². The van der Waals surface area contributed by atoms with Crippen LogP contribution in [0.15, 0.2) is 15.0 Å². The number of aliphatic imine (C=N–C) groups is 3. The van der Waals surface area contributed by atoms with Crippen LogP contribution in [0, 0.1) is 0 Å². The molecular weight excluding hydrogens is 374 g/mol. The lowest BCUT2D eigenvalue weighted by Crippen LogP contribution is -2.54. The summed E-state index contributed by atoms with van der Waals surface area (Å²) in [7, 11) is 27.8. The van der Waals surface area contributed by atoms with E-state index in [9.17, 15) is 0 Å². The smallest absolute Gasteiger partial charge is 0.207 e. The normalized spacial score (nSPS) is 16.6. The van der Waals surface area contributed by atoms with Crippen LogP contribution in [0.2, 0.25) is 0 Å². The quantitative estimate of drug-likeness (QED) is 0.514. The first-order valence-corrected chi connectivity index (χ1v) is 10.4. The molecule has 0 aromatic rings. The topological polar surface area (TPSA) is 56.5 Å². The molecule has 0 N–H and O–H groups in total. The maximum absolute atomic E-state index is 7.38. The fourth-order valence-electron chi connectivity index (χ4n) is 2.73. The van der Waals surface area contributed by atoms with Crippen LogP contribution >= 0.6 is 20.5 Å². The van der Waals surface area contributed by atoms with Gasteiger partial charge in [-0.3, -0.25) is 27.9 Å². The van der Waals surface area contributed by atoms with Gasteiger partial charge >= 0.3 is 0 Å². The molecule has 0 aromatic heterocycles. The number of halogens is 1. The zero-order chi connectivity index (χ0) is 20.8. The molecule has 0 atom stereocenters. The molecule has 0 unspecified atom stereocenters. The second kappa shape index (κ2) is 9.96. The third-order valence-electron chi connectivity index (χ3n) is 3.69. The second-order valence-electron chi connectivity index (χ2n) is 6.20. The monoisotopic (exact) mass is 409 g/mol. The van der Waals surface area contributed by atoms with E-state index >= 15 is 0 Å². The van der Waals surface area contributed by atoms with Gasteiger partial charge in [0.1, 0.15) is 0 Å². The molecule has 0 bridgehead atoms. The highest BCUT2D eigenvalue weighted by Crippen LogP contribution is 2.61. The van der Waals surface area contributed by atoms with Gasteiger partial charge in [0.2, 0.25) is 17.9 Å². The molecular formula is C15H36ClN9S. The van der Waals surface area contributed by atoms with Crippen LogP contribution < -0.4 is 0 Å². The molecule has 0 aromatic carbocycles. The van der Waals surface area contributed by atoms with Gasteiger partial charge in [0.15, 0.2) is 0 Å². The molecule has 0 rings (SSSR count). The maximum atomic E-state index is 7.38. The van der Waals surface area contributed by atoms with Crippen LogP contribution in [0.5, 0.6) is 0 Å². The molecule has 0 amide bonds. The Bertz CT molecular complexity index is 471. The zero-order valence-electron chi connectivity index (χ0n) is 18.3. The van der Waals surface area contributed by atoms with Crippen molar-refractivity contribution in [3.63, 3.8) is 0 Å². The molecule has 26 heavy (non-hydrogen) atoms. The van der Waals surface area contributed by atoms with Crippen LogP contribution in [-0.4, -0.2) is 130 Å². The molecule has 0 aliphatic carbocycles. The minimum absolute atomic E-state index is 0.747. The Morgan fingerprint density at radius 1 is 0.538 bits per heavy atom. The number of rotatable bonds is 3. The Kier molecular flexibility index (Phi) is 9.36. The summed E-state index contributed by atoms with van der Waals surface area (Å²) in [6.45, 7) is 0. The van der Waals surface area contributed by atoms with E-state index < -0.39 is 9.80 Å². The summed E-state index contributed by atoms with van der Waals surface area (Å²) in [5.41, 5.74) is 0. The van der Waals surface area contributed by atoms with E-state index in [0.717, 1.165) is 17.9 Å². The van der Waals surface area contributed by atoms with Crippen molar-refractivity contribution in [1.29, 1.82) is 0 Å². The van der Waals surface area contributed by atoms with Crippen molar-refractivity contribution in [2.75, 3.05) is 84.6 Å². The summed E-state index contributed by atoms with van der Waals surface area (Å²) in [4.78, 5) is 19.1. The molecule has 0 saturated carbocycles. The molecule has 0 radical (unpaired) electrons. The molecule has 0 saturated heterocycles. The van der Waals surface area contributed by atoms with Crippen LogP contribution in [0.4, 0.5) is 0 Å². The van der Waals surface area contributed by atoms with Gasteiger partial charge in [-0.2, -0.15) is 0 Å². The Morgan fingerprint density at radius 3 is 0.846 bits per heavy atom. The standard InChI is InChI=1S/C15H36ClN9S/c1-17-13(20(4)5)23(10)26(16,24(11)14(18-2)21(6)7)25(12)15(19-3)22(8)9/h1-12H3. The lowest BCUT2D eigenvalue weighted by Gasteiger charge is -2.55. The summed E-state index contributed by atoms with van der Waals surface area (Å²) in [6, 6.07) is 0. The van der Waals surface area contributed by atoms with E-state index in [-0.39, 0.29) is 0 Å². The fraction of sp³-hybridized carbons (Fsp3) is 0.800. The number of hydrogen-bond donors (Lipinski definition) is 0. The van der Waals surface area contributed by atoms with Crippen LogP contribution in [0.25, 0.3) is 0 Å². The van der Waals surface area contributed by atoms with Gasteiger partial charge in [-0.05, 0) is 10.7 Å². The third-order valence-corrected chi connectivity index (χ3v) is 8.13. The molecule has 0 heterocycles. The van der Waals surface area contributed by atoms with Gasteiger partial charge in [-0.15, -0.1) is 0 Å². The van der Waals surface area contributed by atoms with Crippen LogP contribution in [0.1, 0.15) is 0 Å². The van der Waals surface area contributed by atoms with Crippen molar-refractivity contribution in [1.82, 2.24) is 27.6 Å². The first-order valence-electron chi connectivity index (χ1n) is 8.08. The van der Waals surface area contributed by atoms with Crippen LogP contribution in [0.3, 0.4) is 0 Å². The summed E-state index contributed by atoms with van der Waals surface area (Å²) in [5.74, 6) is 2.24. The van der Waals surface area contributed by atoms with Crippen molar-refractivity contribution in [3.05, 3.63) is 0 Å². The molecule has 0 aliphatic heterocycles. The van der Waals surface area contributed by atoms with E-state index in [1.165, 1.54) is 0 Å². The molecule has 0 fully saturated rings. The van der Waals surface area contributed by atoms with E-state index in [1.807, 2.05) is 91.0 Å². The lowest BCUT2D eigenvalue weighted by atomic mass is 10.8.